The number of benzene rings is 4. The molecule has 13 heteroatoms. The van der Waals surface area contributed by atoms with Crippen LogP contribution in [0.4, 0.5) is 52.7 Å². The monoisotopic (exact) mass is 982 g/mol. The molecule has 344 valence electrons. The summed E-state index contributed by atoms with van der Waals surface area (Å²) in [7, 11) is 0. The second-order valence-corrected chi connectivity index (χ2v) is 27.6. The number of hydrogen-bond acceptors (Lipinski definition) is 0. The van der Waals surface area contributed by atoms with Gasteiger partial charge in [0.05, 0.1) is 0 Å². The van der Waals surface area contributed by atoms with Crippen molar-refractivity contribution in [3.63, 3.8) is 0 Å². The summed E-state index contributed by atoms with van der Waals surface area (Å²) in [6, 6.07) is 9.84. The molecular formula is C51H52F12Zr. The van der Waals surface area contributed by atoms with E-state index in [1.807, 2.05) is 53.7 Å². The van der Waals surface area contributed by atoms with Gasteiger partial charge in [0.2, 0.25) is 0 Å². The van der Waals surface area contributed by atoms with Gasteiger partial charge in [0, 0.05) is 0 Å². The zero-order chi connectivity index (χ0) is 48.3. The van der Waals surface area contributed by atoms with Crippen LogP contribution in [0, 0.1) is 0 Å². The first-order chi connectivity index (χ1) is 28.8. The van der Waals surface area contributed by atoms with Crippen LogP contribution >= 0.6 is 0 Å². The van der Waals surface area contributed by atoms with Crippen LogP contribution in [0.3, 0.4) is 0 Å². The Balaban J connectivity index is 1.98. The molecule has 0 bridgehead atoms. The van der Waals surface area contributed by atoms with Crippen LogP contribution in [0.15, 0.2) is 85.0 Å². The Hall–Kier alpha value is -3.73. The molecule has 0 spiro atoms. The molecule has 4 aromatic rings. The molecule has 0 heterocycles. The summed E-state index contributed by atoms with van der Waals surface area (Å²) in [5.41, 5.74) is -3.62. The van der Waals surface area contributed by atoms with Gasteiger partial charge in [-0.2, -0.15) is 0 Å². The van der Waals surface area contributed by atoms with Crippen molar-refractivity contribution in [1.29, 1.82) is 0 Å². The molecule has 0 aromatic heterocycles. The fourth-order valence-corrected chi connectivity index (χ4v) is 18.2. The summed E-state index contributed by atoms with van der Waals surface area (Å²) in [6.07, 6.45) is -14.8. The van der Waals surface area contributed by atoms with Crippen molar-refractivity contribution in [3.05, 3.63) is 152 Å². The Kier molecular flexibility index (Phi) is 12.4. The molecule has 0 N–H and O–H groups in total. The molecule has 4 aromatic carbocycles. The van der Waals surface area contributed by atoms with Gasteiger partial charge in [-0.1, -0.05) is 0 Å². The molecule has 0 saturated carbocycles. The van der Waals surface area contributed by atoms with Gasteiger partial charge in [0.25, 0.3) is 0 Å². The van der Waals surface area contributed by atoms with Gasteiger partial charge < -0.3 is 0 Å². The number of halogens is 12. The summed E-state index contributed by atoms with van der Waals surface area (Å²) in [6.45, 7) is 24.4. The van der Waals surface area contributed by atoms with Crippen LogP contribution in [0.25, 0.3) is 11.1 Å². The molecule has 0 fully saturated rings. The van der Waals surface area contributed by atoms with Gasteiger partial charge >= 0.3 is 377 Å². The quantitative estimate of drug-likeness (QED) is 0.179. The third kappa shape index (κ3) is 9.85. The Morgan fingerprint density at radius 1 is 0.375 bits per heavy atom. The van der Waals surface area contributed by atoms with Crippen molar-refractivity contribution in [2.24, 2.45) is 0 Å². The van der Waals surface area contributed by atoms with Crippen LogP contribution < -0.4 is 0 Å². The van der Waals surface area contributed by atoms with E-state index < -0.39 is 108 Å². The maximum absolute atomic E-state index is 14.7. The summed E-state index contributed by atoms with van der Waals surface area (Å²) < 4.78 is 175. The third-order valence-electron chi connectivity index (χ3n) is 12.0. The minimum atomic E-state index is -5.37. The predicted octanol–water partition coefficient (Wildman–Crippen LogP) is 16.8. The van der Waals surface area contributed by atoms with Crippen LogP contribution in [-0.4, -0.2) is 3.21 Å². The van der Waals surface area contributed by atoms with Crippen molar-refractivity contribution in [3.8, 4) is 11.1 Å². The van der Waals surface area contributed by atoms with Gasteiger partial charge in [-0.25, -0.2) is 0 Å². The minimum absolute atomic E-state index is 0.0831. The van der Waals surface area contributed by atoms with Crippen LogP contribution in [0.5, 0.6) is 0 Å². The van der Waals surface area contributed by atoms with Gasteiger partial charge in [-0.15, -0.1) is 0 Å². The van der Waals surface area contributed by atoms with E-state index in [2.05, 4.69) is 53.7 Å². The SMILES string of the molecule is CC(C)(C)c1cc2c(cc1C(C)(C)C)[CH]([Zr](=[C](c1cc(C(F)(F)F)cc(C(F)(F)F)c1)c1cc(C(F)(F)F)cc(C(F)(F)F)c1)[CH]1C=CC=C1)c1cc(C(C)(C)C)c(C(C)(C)C)cc1-2. The molecule has 0 atom stereocenters. The molecular weight excluding hydrogens is 932 g/mol. The molecule has 2 aliphatic rings. The van der Waals surface area contributed by atoms with E-state index in [0.29, 0.717) is 35.4 Å². The summed E-state index contributed by atoms with van der Waals surface area (Å²) in [5.74, 6) is 0. The van der Waals surface area contributed by atoms with Gasteiger partial charge in [0.15, 0.2) is 0 Å². The number of hydrogen-bond donors (Lipinski definition) is 0. The number of allylic oxidation sites excluding steroid dienone is 4. The van der Waals surface area contributed by atoms with Gasteiger partial charge in [0.1, 0.15) is 0 Å². The fraction of sp³-hybridized carbons (Fsp3) is 0.431. The maximum atomic E-state index is 14.7. The Morgan fingerprint density at radius 3 is 0.891 bits per heavy atom. The zero-order valence-corrected chi connectivity index (χ0v) is 40.2. The van der Waals surface area contributed by atoms with Gasteiger partial charge in [-0.05, 0) is 0 Å². The van der Waals surface area contributed by atoms with E-state index in [4.69, 9.17) is 0 Å². The van der Waals surface area contributed by atoms with Crippen molar-refractivity contribution in [1.82, 2.24) is 0 Å². The first-order valence-electron chi connectivity index (χ1n) is 20.9. The van der Waals surface area contributed by atoms with E-state index in [1.54, 1.807) is 24.3 Å². The van der Waals surface area contributed by atoms with Crippen LogP contribution in [0.2, 0.25) is 3.63 Å². The first-order valence-corrected chi connectivity index (χ1v) is 24.9. The standard InChI is InChI=1S/C29H41.C17H6F12.C5H5.Zr/c1-26(2,3)22-14-18-13-19-15-23(27(4,5)6)25(29(10,11)12)17-21(19)20(18)16-24(22)28(7,8)9;18-14(19,20)10-2-8(3-11(6-10)15(21,22)23)1-9-4-12(16(24,25)26)7-13(5-9)17(27,28)29;1-2-4-5-3-1;/h13-17H,1-12H3;2-7H;1-5H;. The molecule has 0 nitrogen and oxygen atoms in total. The van der Waals surface area contributed by atoms with E-state index in [-0.39, 0.29) is 15.3 Å². The van der Waals surface area contributed by atoms with Crippen molar-refractivity contribution in [2.45, 2.75) is 137 Å². The normalized spacial score (nSPS) is 15.6. The van der Waals surface area contributed by atoms with E-state index in [1.165, 1.54) is 0 Å². The number of alkyl halides is 12. The van der Waals surface area contributed by atoms with E-state index >= 15 is 0 Å². The number of fused-ring (bicyclic) bond motifs is 3. The van der Waals surface area contributed by atoms with Crippen molar-refractivity contribution < 1.29 is 74.0 Å². The molecule has 0 radical (unpaired) electrons. The summed E-state index contributed by atoms with van der Waals surface area (Å²) in [4.78, 5) is 0. The van der Waals surface area contributed by atoms with Gasteiger partial charge in [-0.3, -0.25) is 0 Å². The fourth-order valence-electron chi connectivity index (χ4n) is 9.00. The van der Waals surface area contributed by atoms with Crippen molar-refractivity contribution >= 4 is 3.21 Å². The van der Waals surface area contributed by atoms with Crippen molar-refractivity contribution in [2.75, 3.05) is 0 Å². The summed E-state index contributed by atoms with van der Waals surface area (Å²) in [5, 5.41) is 0. The average molecular weight is 984 g/mol. The average Bonchev–Trinajstić information content (AvgIpc) is 3.76. The van der Waals surface area contributed by atoms with Crippen LogP contribution in [-0.2, 0) is 67.6 Å². The Bertz CT molecular complexity index is 2350. The first kappa shape index (κ1) is 49.7. The molecule has 2 aliphatic carbocycles. The second-order valence-electron chi connectivity index (χ2n) is 21.1. The molecule has 0 aliphatic heterocycles. The topological polar surface area (TPSA) is 0 Å². The van der Waals surface area contributed by atoms with Crippen LogP contribution in [0.1, 0.15) is 153 Å². The zero-order valence-electron chi connectivity index (χ0n) is 37.8. The second kappa shape index (κ2) is 16.0. The Morgan fingerprint density at radius 2 is 0.641 bits per heavy atom. The molecule has 0 unspecified atom stereocenters. The molecule has 6 rings (SSSR count). The summed E-state index contributed by atoms with van der Waals surface area (Å²) >= 11 is -4.63. The van der Waals surface area contributed by atoms with E-state index in [0.717, 1.165) is 33.4 Å². The molecule has 0 saturated heterocycles. The predicted molar refractivity (Wildman–Crippen MR) is 227 cm³/mol. The molecule has 0 amide bonds. The molecule has 64 heavy (non-hydrogen) atoms. The third-order valence-corrected chi connectivity index (χ3v) is 20.6. The van der Waals surface area contributed by atoms with E-state index in [9.17, 15) is 52.7 Å². The Labute approximate surface area is 375 Å². The number of rotatable bonds is 4.